The van der Waals surface area contributed by atoms with Gasteiger partial charge in [-0.3, -0.25) is 0 Å². The Morgan fingerprint density at radius 3 is 2.13 bits per heavy atom. The molecule has 0 aliphatic carbocycles. The molecule has 0 saturated carbocycles. The van der Waals surface area contributed by atoms with Crippen LogP contribution in [0.25, 0.3) is 6.08 Å². The fourth-order valence-electron chi connectivity index (χ4n) is 0.981. The lowest BCUT2D eigenvalue weighted by molar-refractivity contribution is -0.132. The van der Waals surface area contributed by atoms with Crippen molar-refractivity contribution in [3.63, 3.8) is 0 Å². The standard InChI is InChI=1S/C10H7Br3O2/c11-10(12,13)8(9(14)15)6-7-4-2-1-3-5-7/h1-6H,(H,14,15). The van der Waals surface area contributed by atoms with Crippen molar-refractivity contribution in [1.82, 2.24) is 0 Å². The maximum atomic E-state index is 11.0. The molecule has 2 nitrogen and oxygen atoms in total. The largest absolute Gasteiger partial charge is 0.478 e. The highest BCUT2D eigenvalue weighted by molar-refractivity contribution is 9.39. The Balaban J connectivity index is 3.12. The number of carboxylic acids is 1. The predicted octanol–water partition coefficient (Wildman–Crippen LogP) is 3.99. The molecule has 0 unspecified atom stereocenters. The summed E-state index contributed by atoms with van der Waals surface area (Å²) in [7, 11) is 0. The van der Waals surface area contributed by atoms with Gasteiger partial charge in [0.25, 0.3) is 0 Å². The van der Waals surface area contributed by atoms with Gasteiger partial charge in [-0.25, -0.2) is 4.79 Å². The molecule has 0 amide bonds. The van der Waals surface area contributed by atoms with Crippen LogP contribution in [0.5, 0.6) is 0 Å². The number of carboxylic acid groups (broad SMARTS) is 1. The fraction of sp³-hybridized carbons (Fsp3) is 0.100. The van der Waals surface area contributed by atoms with Crippen molar-refractivity contribution in [2.45, 2.75) is 2.14 Å². The lowest BCUT2D eigenvalue weighted by atomic mass is 10.1. The van der Waals surface area contributed by atoms with E-state index in [0.29, 0.717) is 0 Å². The molecular weight excluding hydrogens is 392 g/mol. The minimum atomic E-state index is -0.996. The van der Waals surface area contributed by atoms with Crippen molar-refractivity contribution >= 4 is 59.8 Å². The smallest absolute Gasteiger partial charge is 0.334 e. The van der Waals surface area contributed by atoms with Crippen molar-refractivity contribution in [2.75, 3.05) is 0 Å². The molecule has 0 heterocycles. The molecule has 0 radical (unpaired) electrons. The molecule has 0 saturated heterocycles. The number of rotatable bonds is 2. The zero-order valence-corrected chi connectivity index (χ0v) is 12.2. The van der Waals surface area contributed by atoms with E-state index in [1.54, 1.807) is 6.08 Å². The molecule has 0 spiro atoms. The molecule has 15 heavy (non-hydrogen) atoms. The molecule has 0 fully saturated rings. The number of aliphatic carboxylic acids is 1. The first-order valence-electron chi connectivity index (χ1n) is 3.98. The SMILES string of the molecule is O=C(O)C(=Cc1ccccc1)C(Br)(Br)Br. The lowest BCUT2D eigenvalue weighted by Crippen LogP contribution is -2.14. The summed E-state index contributed by atoms with van der Waals surface area (Å²) in [5.74, 6) is -0.996. The van der Waals surface area contributed by atoms with Crippen molar-refractivity contribution in [2.24, 2.45) is 0 Å². The van der Waals surface area contributed by atoms with Crippen LogP contribution in [0.2, 0.25) is 0 Å². The highest BCUT2D eigenvalue weighted by Gasteiger charge is 2.29. The summed E-state index contributed by atoms with van der Waals surface area (Å²) in [6.07, 6.45) is 1.58. The van der Waals surface area contributed by atoms with Crippen molar-refractivity contribution in [3.05, 3.63) is 41.5 Å². The van der Waals surface area contributed by atoms with Crippen LogP contribution in [0.4, 0.5) is 0 Å². The van der Waals surface area contributed by atoms with Gasteiger partial charge in [-0.15, -0.1) is 0 Å². The van der Waals surface area contributed by atoms with Gasteiger partial charge in [0.15, 0.2) is 2.14 Å². The fourth-order valence-corrected chi connectivity index (χ4v) is 1.83. The maximum absolute atomic E-state index is 11.0. The zero-order valence-electron chi connectivity index (χ0n) is 7.45. The average molecular weight is 399 g/mol. The highest BCUT2D eigenvalue weighted by Crippen LogP contribution is 2.41. The molecule has 0 bridgehead atoms. The highest BCUT2D eigenvalue weighted by atomic mass is 80.0. The zero-order chi connectivity index (χ0) is 11.5. The Labute approximate surface area is 113 Å². The number of alkyl halides is 3. The molecule has 80 valence electrons. The molecule has 1 rings (SSSR count). The van der Waals surface area contributed by atoms with E-state index >= 15 is 0 Å². The van der Waals surface area contributed by atoms with E-state index in [0.717, 1.165) is 5.56 Å². The summed E-state index contributed by atoms with van der Waals surface area (Å²) in [6.45, 7) is 0. The van der Waals surface area contributed by atoms with E-state index in [2.05, 4.69) is 47.8 Å². The Morgan fingerprint density at radius 2 is 1.73 bits per heavy atom. The monoisotopic (exact) mass is 396 g/mol. The minimum absolute atomic E-state index is 0.175. The second-order valence-corrected chi connectivity index (χ2v) is 9.53. The Bertz CT molecular complexity index is 379. The van der Waals surface area contributed by atoms with Gasteiger partial charge in [-0.05, 0) is 11.6 Å². The Morgan fingerprint density at radius 1 is 1.20 bits per heavy atom. The summed E-state index contributed by atoms with van der Waals surface area (Å²) in [5.41, 5.74) is 1.01. The summed E-state index contributed by atoms with van der Waals surface area (Å²) < 4.78 is -0.908. The first kappa shape index (κ1) is 12.9. The van der Waals surface area contributed by atoms with Crippen LogP contribution < -0.4 is 0 Å². The van der Waals surface area contributed by atoms with Gasteiger partial charge in [-0.2, -0.15) is 0 Å². The van der Waals surface area contributed by atoms with Gasteiger partial charge < -0.3 is 5.11 Å². The van der Waals surface area contributed by atoms with Crippen molar-refractivity contribution in [1.29, 1.82) is 0 Å². The first-order chi connectivity index (χ1) is 6.91. The van der Waals surface area contributed by atoms with Gasteiger partial charge in [0.2, 0.25) is 0 Å². The molecule has 1 aromatic rings. The van der Waals surface area contributed by atoms with E-state index in [-0.39, 0.29) is 5.57 Å². The van der Waals surface area contributed by atoms with Gasteiger partial charge in [0, 0.05) is 0 Å². The van der Waals surface area contributed by atoms with Crippen LogP contribution in [0, 0.1) is 0 Å². The van der Waals surface area contributed by atoms with E-state index in [9.17, 15) is 4.79 Å². The number of hydrogen-bond donors (Lipinski definition) is 1. The molecule has 1 N–H and O–H groups in total. The van der Waals surface area contributed by atoms with E-state index in [1.807, 2.05) is 30.3 Å². The Kier molecular flexibility index (Phi) is 4.55. The van der Waals surface area contributed by atoms with Crippen LogP contribution in [-0.4, -0.2) is 13.2 Å². The number of hydrogen-bond acceptors (Lipinski definition) is 1. The quantitative estimate of drug-likeness (QED) is 0.604. The van der Waals surface area contributed by atoms with Gasteiger partial charge >= 0.3 is 5.97 Å². The summed E-state index contributed by atoms with van der Waals surface area (Å²) >= 11 is 9.56. The minimum Gasteiger partial charge on any atom is -0.478 e. The van der Waals surface area contributed by atoms with Crippen molar-refractivity contribution < 1.29 is 9.90 Å². The van der Waals surface area contributed by atoms with Crippen LogP contribution >= 0.6 is 47.8 Å². The van der Waals surface area contributed by atoms with Crippen LogP contribution in [0.15, 0.2) is 35.9 Å². The van der Waals surface area contributed by atoms with Gasteiger partial charge in [-0.1, -0.05) is 78.1 Å². The maximum Gasteiger partial charge on any atom is 0.334 e. The van der Waals surface area contributed by atoms with Crippen LogP contribution in [0.3, 0.4) is 0 Å². The second-order valence-electron chi connectivity index (χ2n) is 2.77. The Hall–Kier alpha value is -0.130. The molecule has 0 atom stereocenters. The normalized spacial score (nSPS) is 12.6. The lowest BCUT2D eigenvalue weighted by Gasteiger charge is -2.12. The average Bonchev–Trinajstić information content (AvgIpc) is 2.13. The van der Waals surface area contributed by atoms with Crippen LogP contribution in [0.1, 0.15) is 5.56 Å². The summed E-state index contributed by atoms with van der Waals surface area (Å²) in [6, 6.07) is 9.25. The molecule has 5 heteroatoms. The van der Waals surface area contributed by atoms with Crippen molar-refractivity contribution in [3.8, 4) is 0 Å². The van der Waals surface area contributed by atoms with Gasteiger partial charge in [0.1, 0.15) is 0 Å². The topological polar surface area (TPSA) is 37.3 Å². The second kappa shape index (κ2) is 5.27. The number of benzene rings is 1. The van der Waals surface area contributed by atoms with E-state index in [1.165, 1.54) is 0 Å². The third kappa shape index (κ3) is 4.09. The third-order valence-corrected chi connectivity index (χ3v) is 2.93. The van der Waals surface area contributed by atoms with E-state index < -0.39 is 8.11 Å². The summed E-state index contributed by atoms with van der Waals surface area (Å²) in [5, 5.41) is 9.01. The molecular formula is C10H7Br3O2. The molecule has 0 aliphatic rings. The predicted molar refractivity (Wildman–Crippen MR) is 71.6 cm³/mol. The van der Waals surface area contributed by atoms with Crippen LogP contribution in [-0.2, 0) is 4.79 Å². The number of carbonyl (C=O) groups is 1. The molecule has 1 aromatic carbocycles. The summed E-state index contributed by atoms with van der Waals surface area (Å²) in [4.78, 5) is 11.0. The number of halogens is 3. The first-order valence-corrected chi connectivity index (χ1v) is 6.36. The molecule has 0 aromatic heterocycles. The van der Waals surface area contributed by atoms with Gasteiger partial charge in [0.05, 0.1) is 5.57 Å². The van der Waals surface area contributed by atoms with E-state index in [4.69, 9.17) is 5.11 Å². The molecule has 0 aliphatic heterocycles. The third-order valence-electron chi connectivity index (χ3n) is 1.65.